The normalized spacial score (nSPS) is 24.4. The average molecular weight is 261 g/mol. The molecule has 2 heterocycles. The Labute approximate surface area is 114 Å². The lowest BCUT2D eigenvalue weighted by Crippen LogP contribution is -2.40. The molecule has 0 amide bonds. The van der Waals surface area contributed by atoms with Crippen LogP contribution < -0.4 is 11.1 Å². The molecule has 19 heavy (non-hydrogen) atoms. The molecule has 0 spiro atoms. The van der Waals surface area contributed by atoms with E-state index in [9.17, 15) is 0 Å². The summed E-state index contributed by atoms with van der Waals surface area (Å²) in [7, 11) is 2.20. The fraction of sp³-hybridized carbons (Fsp3) is 0.714. The van der Waals surface area contributed by atoms with Gasteiger partial charge in [0.1, 0.15) is 17.5 Å². The number of aromatic nitrogens is 2. The highest BCUT2D eigenvalue weighted by Crippen LogP contribution is 2.38. The first-order chi connectivity index (χ1) is 9.22. The molecular formula is C14H23N5. The topological polar surface area (TPSA) is 67.1 Å². The molecule has 1 aliphatic heterocycles. The minimum atomic E-state index is 0.543. The van der Waals surface area contributed by atoms with E-state index in [1.807, 2.05) is 6.07 Å². The van der Waals surface area contributed by atoms with Crippen LogP contribution in [0.5, 0.6) is 0 Å². The third-order valence-corrected chi connectivity index (χ3v) is 4.15. The lowest BCUT2D eigenvalue weighted by atomic mass is 10.0. The van der Waals surface area contributed by atoms with Crippen molar-refractivity contribution in [1.29, 1.82) is 0 Å². The molecule has 2 fully saturated rings. The maximum Gasteiger partial charge on any atom is 0.136 e. The van der Waals surface area contributed by atoms with Crippen LogP contribution in [0.2, 0.25) is 0 Å². The number of hydrogen-bond donors (Lipinski definition) is 2. The number of anilines is 2. The molecular weight excluding hydrogens is 238 g/mol. The van der Waals surface area contributed by atoms with Gasteiger partial charge in [0.05, 0.1) is 0 Å². The molecule has 0 radical (unpaired) electrons. The second-order valence-electron chi connectivity index (χ2n) is 5.82. The lowest BCUT2D eigenvalue weighted by molar-refractivity contribution is 0.194. The quantitative estimate of drug-likeness (QED) is 0.865. The molecule has 0 aromatic carbocycles. The van der Waals surface area contributed by atoms with Crippen molar-refractivity contribution in [2.45, 2.75) is 44.1 Å². The first-order valence-corrected chi connectivity index (χ1v) is 7.31. The zero-order chi connectivity index (χ0) is 13.2. The van der Waals surface area contributed by atoms with E-state index in [1.165, 1.54) is 38.6 Å². The van der Waals surface area contributed by atoms with E-state index in [0.29, 0.717) is 17.8 Å². The summed E-state index contributed by atoms with van der Waals surface area (Å²) in [6, 6.07) is 2.45. The Morgan fingerprint density at radius 2 is 2.16 bits per heavy atom. The smallest absolute Gasteiger partial charge is 0.136 e. The van der Waals surface area contributed by atoms with Crippen LogP contribution >= 0.6 is 0 Å². The predicted molar refractivity (Wildman–Crippen MR) is 77.2 cm³/mol. The van der Waals surface area contributed by atoms with Crippen LogP contribution in [0, 0.1) is 0 Å². The zero-order valence-corrected chi connectivity index (χ0v) is 11.6. The molecule has 0 bridgehead atoms. The standard InChI is InChI=1S/C14H23N5/c1-19-7-3-2-4-11(19)9-16-13-8-12(15)17-14(18-13)10-5-6-10/h8,10-11H,2-7,9H2,1H3,(H3,15,16,17,18). The summed E-state index contributed by atoms with van der Waals surface area (Å²) >= 11 is 0. The number of likely N-dealkylation sites (tertiary alicyclic amines) is 1. The fourth-order valence-corrected chi connectivity index (χ4v) is 2.72. The molecule has 1 atom stereocenters. The summed E-state index contributed by atoms with van der Waals surface area (Å²) in [6.07, 6.45) is 6.32. The second kappa shape index (κ2) is 5.33. The molecule has 104 valence electrons. The summed E-state index contributed by atoms with van der Waals surface area (Å²) in [4.78, 5) is 11.3. The van der Waals surface area contributed by atoms with Gasteiger partial charge in [-0.25, -0.2) is 9.97 Å². The monoisotopic (exact) mass is 261 g/mol. The van der Waals surface area contributed by atoms with Gasteiger partial charge in [-0.15, -0.1) is 0 Å². The van der Waals surface area contributed by atoms with Crippen molar-refractivity contribution >= 4 is 11.6 Å². The van der Waals surface area contributed by atoms with Gasteiger partial charge < -0.3 is 16.0 Å². The van der Waals surface area contributed by atoms with Gasteiger partial charge in [0.25, 0.3) is 0 Å². The van der Waals surface area contributed by atoms with E-state index in [1.54, 1.807) is 0 Å². The van der Waals surface area contributed by atoms with Crippen LogP contribution in [0.3, 0.4) is 0 Å². The summed E-state index contributed by atoms with van der Waals surface area (Å²) in [5.74, 6) is 2.92. The van der Waals surface area contributed by atoms with E-state index in [-0.39, 0.29) is 0 Å². The molecule has 3 rings (SSSR count). The van der Waals surface area contributed by atoms with Crippen LogP contribution in [0.1, 0.15) is 43.8 Å². The van der Waals surface area contributed by atoms with E-state index >= 15 is 0 Å². The molecule has 5 nitrogen and oxygen atoms in total. The lowest BCUT2D eigenvalue weighted by Gasteiger charge is -2.32. The first kappa shape index (κ1) is 12.7. The maximum absolute atomic E-state index is 5.86. The number of nitrogens with two attached hydrogens (primary N) is 1. The summed E-state index contributed by atoms with van der Waals surface area (Å²) in [5, 5.41) is 3.44. The second-order valence-corrected chi connectivity index (χ2v) is 5.82. The highest BCUT2D eigenvalue weighted by atomic mass is 15.2. The third-order valence-electron chi connectivity index (χ3n) is 4.15. The predicted octanol–water partition coefficient (Wildman–Crippen LogP) is 1.83. The number of likely N-dealkylation sites (N-methyl/N-ethyl adjacent to an activating group) is 1. The Morgan fingerprint density at radius 3 is 2.89 bits per heavy atom. The van der Waals surface area contributed by atoms with Gasteiger partial charge in [0.2, 0.25) is 0 Å². The minimum Gasteiger partial charge on any atom is -0.384 e. The first-order valence-electron chi connectivity index (χ1n) is 7.31. The average Bonchev–Trinajstić information content (AvgIpc) is 3.21. The molecule has 1 unspecified atom stereocenters. The maximum atomic E-state index is 5.86. The van der Waals surface area contributed by atoms with Gasteiger partial charge in [-0.05, 0) is 39.3 Å². The van der Waals surface area contributed by atoms with Crippen LogP contribution in [0.4, 0.5) is 11.6 Å². The molecule has 1 saturated carbocycles. The summed E-state index contributed by atoms with van der Waals surface area (Å²) in [6.45, 7) is 2.14. The van der Waals surface area contributed by atoms with Crippen LogP contribution in [-0.4, -0.2) is 41.0 Å². The van der Waals surface area contributed by atoms with Crippen molar-refractivity contribution in [3.63, 3.8) is 0 Å². The van der Waals surface area contributed by atoms with Crippen molar-refractivity contribution in [1.82, 2.24) is 14.9 Å². The molecule has 1 aromatic heterocycles. The van der Waals surface area contributed by atoms with Gasteiger partial charge in [-0.2, -0.15) is 0 Å². The van der Waals surface area contributed by atoms with Gasteiger partial charge in [-0.3, -0.25) is 0 Å². The van der Waals surface area contributed by atoms with Crippen molar-refractivity contribution in [2.24, 2.45) is 0 Å². The Kier molecular flexibility index (Phi) is 3.55. The van der Waals surface area contributed by atoms with E-state index in [4.69, 9.17) is 5.73 Å². The molecule has 1 saturated heterocycles. The van der Waals surface area contributed by atoms with Crippen LogP contribution in [0.15, 0.2) is 6.07 Å². The summed E-state index contributed by atoms with van der Waals surface area (Å²) in [5.41, 5.74) is 5.86. The van der Waals surface area contributed by atoms with Gasteiger partial charge in [0, 0.05) is 24.6 Å². The SMILES string of the molecule is CN1CCCCC1CNc1cc(N)nc(C2CC2)n1. The highest BCUT2D eigenvalue weighted by Gasteiger charge is 2.27. The Balaban J connectivity index is 1.62. The fourth-order valence-electron chi connectivity index (χ4n) is 2.72. The number of nitrogens with zero attached hydrogens (tertiary/aromatic N) is 3. The van der Waals surface area contributed by atoms with Crippen molar-refractivity contribution in [2.75, 3.05) is 31.2 Å². The molecule has 2 aliphatic rings. The van der Waals surface area contributed by atoms with Crippen molar-refractivity contribution in [3.8, 4) is 0 Å². The summed E-state index contributed by atoms with van der Waals surface area (Å²) < 4.78 is 0. The van der Waals surface area contributed by atoms with Gasteiger partial charge >= 0.3 is 0 Å². The number of nitrogen functional groups attached to an aromatic ring is 1. The number of nitrogens with one attached hydrogen (secondary N) is 1. The molecule has 1 aromatic rings. The zero-order valence-electron chi connectivity index (χ0n) is 11.6. The Morgan fingerprint density at radius 1 is 1.32 bits per heavy atom. The highest BCUT2D eigenvalue weighted by molar-refractivity contribution is 5.45. The number of piperidine rings is 1. The molecule has 1 aliphatic carbocycles. The van der Waals surface area contributed by atoms with E-state index in [0.717, 1.165) is 18.2 Å². The van der Waals surface area contributed by atoms with E-state index < -0.39 is 0 Å². The van der Waals surface area contributed by atoms with Crippen LogP contribution in [-0.2, 0) is 0 Å². The Bertz CT molecular complexity index is 443. The number of hydrogen-bond acceptors (Lipinski definition) is 5. The number of rotatable bonds is 4. The van der Waals surface area contributed by atoms with Gasteiger partial charge in [0.15, 0.2) is 0 Å². The Hall–Kier alpha value is -1.36. The minimum absolute atomic E-state index is 0.543. The largest absolute Gasteiger partial charge is 0.384 e. The van der Waals surface area contributed by atoms with E-state index in [2.05, 4.69) is 27.2 Å². The molecule has 3 N–H and O–H groups in total. The molecule has 5 heteroatoms. The van der Waals surface area contributed by atoms with Crippen molar-refractivity contribution < 1.29 is 0 Å². The third kappa shape index (κ3) is 3.15. The van der Waals surface area contributed by atoms with Crippen molar-refractivity contribution in [3.05, 3.63) is 11.9 Å². The van der Waals surface area contributed by atoms with Gasteiger partial charge in [-0.1, -0.05) is 6.42 Å². The van der Waals surface area contributed by atoms with Crippen LogP contribution in [0.25, 0.3) is 0 Å².